The van der Waals surface area contributed by atoms with E-state index in [-0.39, 0.29) is 11.6 Å². The van der Waals surface area contributed by atoms with Gasteiger partial charge in [-0.15, -0.1) is 0 Å². The van der Waals surface area contributed by atoms with Crippen molar-refractivity contribution in [2.24, 2.45) is 0 Å². The first kappa shape index (κ1) is 15.2. The van der Waals surface area contributed by atoms with Crippen LogP contribution in [0.4, 0.5) is 22.9 Å². The van der Waals surface area contributed by atoms with Gasteiger partial charge in [-0.25, -0.2) is 4.98 Å². The van der Waals surface area contributed by atoms with E-state index in [1.165, 1.54) is 32.4 Å². The molecular weight excluding hydrogens is 288 g/mol. The van der Waals surface area contributed by atoms with Crippen molar-refractivity contribution in [2.75, 3.05) is 17.7 Å². The van der Waals surface area contributed by atoms with E-state index in [1.54, 1.807) is 18.2 Å². The van der Waals surface area contributed by atoms with Gasteiger partial charge in [0.25, 0.3) is 5.69 Å². The molecule has 0 aliphatic rings. The Labute approximate surface area is 126 Å². The third-order valence-corrected chi connectivity index (χ3v) is 2.74. The maximum Gasteiger partial charge on any atom is 0.287 e. The molecule has 0 atom stereocenters. The van der Waals surface area contributed by atoms with Crippen LogP contribution in [0.1, 0.15) is 6.92 Å². The van der Waals surface area contributed by atoms with Gasteiger partial charge >= 0.3 is 0 Å². The van der Waals surface area contributed by atoms with Crippen molar-refractivity contribution in [3.63, 3.8) is 0 Å². The molecule has 1 aromatic carbocycles. The van der Waals surface area contributed by atoms with Gasteiger partial charge < -0.3 is 15.4 Å². The van der Waals surface area contributed by atoms with Gasteiger partial charge in [-0.1, -0.05) is 0 Å². The van der Waals surface area contributed by atoms with Gasteiger partial charge in [-0.3, -0.25) is 14.9 Å². The minimum Gasteiger partial charge on any atom is -0.495 e. The lowest BCUT2D eigenvalue weighted by molar-refractivity contribution is -0.385. The highest BCUT2D eigenvalue weighted by Gasteiger charge is 2.08. The molecule has 0 radical (unpaired) electrons. The van der Waals surface area contributed by atoms with Crippen LogP contribution in [-0.4, -0.2) is 22.9 Å². The van der Waals surface area contributed by atoms with Crippen molar-refractivity contribution >= 4 is 28.8 Å². The summed E-state index contributed by atoms with van der Waals surface area (Å²) in [6.45, 7) is 1.40. The number of anilines is 3. The molecule has 0 bridgehead atoms. The first-order valence-electron chi connectivity index (χ1n) is 6.32. The lowest BCUT2D eigenvalue weighted by atomic mass is 10.2. The van der Waals surface area contributed by atoms with Crippen LogP contribution < -0.4 is 15.4 Å². The Morgan fingerprint density at radius 2 is 2.09 bits per heavy atom. The maximum absolute atomic E-state index is 11.2. The number of benzene rings is 1. The summed E-state index contributed by atoms with van der Waals surface area (Å²) in [6, 6.07) is 7.98. The number of ether oxygens (including phenoxy) is 1. The van der Waals surface area contributed by atoms with Gasteiger partial charge in [0.15, 0.2) is 0 Å². The van der Waals surface area contributed by atoms with E-state index in [9.17, 15) is 14.9 Å². The zero-order valence-electron chi connectivity index (χ0n) is 12.0. The maximum atomic E-state index is 11.2. The quantitative estimate of drug-likeness (QED) is 0.649. The number of nitrogens with zero attached hydrogens (tertiary/aromatic N) is 2. The highest BCUT2D eigenvalue weighted by molar-refractivity contribution is 5.91. The summed E-state index contributed by atoms with van der Waals surface area (Å²) in [5.74, 6) is 0.755. The number of carbonyl (C=O) groups is 1. The molecule has 1 aromatic heterocycles. The highest BCUT2D eigenvalue weighted by atomic mass is 16.6. The van der Waals surface area contributed by atoms with E-state index in [2.05, 4.69) is 15.6 Å². The van der Waals surface area contributed by atoms with Crippen molar-refractivity contribution in [2.45, 2.75) is 6.92 Å². The van der Waals surface area contributed by atoms with Crippen LogP contribution in [0.2, 0.25) is 0 Å². The number of amides is 1. The number of hydrogen-bond acceptors (Lipinski definition) is 6. The number of rotatable bonds is 5. The average molecular weight is 302 g/mol. The number of hydrogen-bond donors (Lipinski definition) is 2. The fraction of sp³-hybridized carbons (Fsp3) is 0.143. The summed E-state index contributed by atoms with van der Waals surface area (Å²) in [4.78, 5) is 25.2. The van der Waals surface area contributed by atoms with E-state index in [1.807, 2.05) is 0 Å². The second-order valence-electron chi connectivity index (χ2n) is 4.38. The zero-order chi connectivity index (χ0) is 16.1. The molecule has 1 amide bonds. The van der Waals surface area contributed by atoms with Gasteiger partial charge in [-0.05, 0) is 24.3 Å². The molecule has 8 nitrogen and oxygen atoms in total. The van der Waals surface area contributed by atoms with E-state index in [4.69, 9.17) is 4.74 Å². The molecule has 1 heterocycles. The molecule has 114 valence electrons. The Hall–Kier alpha value is -3.16. The normalized spacial score (nSPS) is 9.91. The molecule has 0 aliphatic carbocycles. The number of methoxy groups -OCH3 is 1. The third-order valence-electron chi connectivity index (χ3n) is 2.74. The van der Waals surface area contributed by atoms with E-state index in [0.717, 1.165) is 0 Å². The van der Waals surface area contributed by atoms with Gasteiger partial charge in [-0.2, -0.15) is 0 Å². The Balaban J connectivity index is 2.21. The lowest BCUT2D eigenvalue weighted by Crippen LogP contribution is -2.07. The van der Waals surface area contributed by atoms with Crippen molar-refractivity contribution in [1.82, 2.24) is 4.98 Å². The second kappa shape index (κ2) is 6.53. The first-order valence-corrected chi connectivity index (χ1v) is 6.32. The SMILES string of the molecule is COc1ccc(Nc2ccc([N+](=O)[O-])cn2)cc1NC(C)=O. The molecular formula is C14H14N4O4. The van der Waals surface area contributed by atoms with Crippen LogP contribution in [0.3, 0.4) is 0 Å². The van der Waals surface area contributed by atoms with Crippen molar-refractivity contribution in [3.05, 3.63) is 46.6 Å². The van der Waals surface area contributed by atoms with Crippen molar-refractivity contribution in [1.29, 1.82) is 0 Å². The Morgan fingerprint density at radius 3 is 2.64 bits per heavy atom. The molecule has 0 unspecified atom stereocenters. The van der Waals surface area contributed by atoms with E-state index >= 15 is 0 Å². The fourth-order valence-electron chi connectivity index (χ4n) is 1.79. The standard InChI is InChI=1S/C14H14N4O4/c1-9(19)16-12-7-10(3-5-13(12)22-2)17-14-6-4-11(8-15-14)18(20)21/h3-8H,1-2H3,(H,15,17)(H,16,19). The number of nitro groups is 1. The number of nitrogens with one attached hydrogen (secondary N) is 2. The lowest BCUT2D eigenvalue weighted by Gasteiger charge is -2.12. The topological polar surface area (TPSA) is 106 Å². The van der Waals surface area contributed by atoms with Gasteiger partial charge in [0.1, 0.15) is 17.8 Å². The summed E-state index contributed by atoms with van der Waals surface area (Å²) < 4.78 is 5.16. The van der Waals surface area contributed by atoms with Crippen molar-refractivity contribution < 1.29 is 14.5 Å². The molecule has 0 fully saturated rings. The van der Waals surface area contributed by atoms with Gasteiger partial charge in [0, 0.05) is 18.7 Å². The van der Waals surface area contributed by atoms with Gasteiger partial charge in [0.2, 0.25) is 5.91 Å². The van der Waals surface area contributed by atoms with Crippen LogP contribution in [0.25, 0.3) is 0 Å². The summed E-state index contributed by atoms with van der Waals surface area (Å²) in [7, 11) is 1.51. The Morgan fingerprint density at radius 1 is 1.32 bits per heavy atom. The summed E-state index contributed by atoms with van der Waals surface area (Å²) >= 11 is 0. The van der Waals surface area contributed by atoms with E-state index in [0.29, 0.717) is 22.9 Å². The van der Waals surface area contributed by atoms with Crippen LogP contribution in [0.15, 0.2) is 36.5 Å². The average Bonchev–Trinajstić information content (AvgIpc) is 2.47. The molecule has 2 aromatic rings. The second-order valence-corrected chi connectivity index (χ2v) is 4.38. The third kappa shape index (κ3) is 3.69. The molecule has 2 N–H and O–H groups in total. The molecule has 0 spiro atoms. The molecule has 8 heteroatoms. The van der Waals surface area contributed by atoms with Crippen LogP contribution in [0.5, 0.6) is 5.75 Å². The van der Waals surface area contributed by atoms with Crippen LogP contribution in [-0.2, 0) is 4.79 Å². The Kier molecular flexibility index (Phi) is 4.52. The fourth-order valence-corrected chi connectivity index (χ4v) is 1.79. The summed E-state index contributed by atoms with van der Waals surface area (Å²) in [5.41, 5.74) is 1.09. The molecule has 0 saturated heterocycles. The minimum absolute atomic E-state index is 0.0841. The number of carbonyl (C=O) groups excluding carboxylic acids is 1. The number of pyridine rings is 1. The zero-order valence-corrected chi connectivity index (χ0v) is 12.0. The summed E-state index contributed by atoms with van der Waals surface area (Å²) in [6.07, 6.45) is 1.17. The first-order chi connectivity index (χ1) is 10.5. The largest absolute Gasteiger partial charge is 0.495 e. The monoisotopic (exact) mass is 302 g/mol. The highest BCUT2D eigenvalue weighted by Crippen LogP contribution is 2.29. The molecule has 0 saturated carbocycles. The Bertz CT molecular complexity index is 700. The number of aromatic nitrogens is 1. The smallest absolute Gasteiger partial charge is 0.287 e. The van der Waals surface area contributed by atoms with Crippen LogP contribution >= 0.6 is 0 Å². The molecule has 22 heavy (non-hydrogen) atoms. The van der Waals surface area contributed by atoms with E-state index < -0.39 is 4.92 Å². The molecule has 2 rings (SSSR count). The summed E-state index contributed by atoms with van der Waals surface area (Å²) in [5, 5.41) is 16.2. The van der Waals surface area contributed by atoms with Crippen molar-refractivity contribution in [3.8, 4) is 5.75 Å². The predicted molar refractivity (Wildman–Crippen MR) is 81.5 cm³/mol. The molecule has 0 aliphatic heterocycles. The minimum atomic E-state index is -0.515. The predicted octanol–water partition coefficient (Wildman–Crippen LogP) is 2.70. The van der Waals surface area contributed by atoms with Gasteiger partial charge in [0.05, 0.1) is 17.7 Å². The van der Waals surface area contributed by atoms with Crippen LogP contribution in [0, 0.1) is 10.1 Å².